The molecule has 0 aromatic heterocycles. The Labute approximate surface area is 122 Å². The highest BCUT2D eigenvalue weighted by molar-refractivity contribution is 5.79. The highest BCUT2D eigenvalue weighted by Gasteiger charge is 2.40. The summed E-state index contributed by atoms with van der Waals surface area (Å²) in [7, 11) is 1.51. The highest BCUT2D eigenvalue weighted by Crippen LogP contribution is 2.33. The number of carboxylic acids is 1. The number of carbonyl (C=O) groups is 2. The molecule has 0 radical (unpaired) electrons. The second-order valence-electron chi connectivity index (χ2n) is 5.14. The Kier molecular flexibility index (Phi) is 4.90. The van der Waals surface area contributed by atoms with Gasteiger partial charge in [0.25, 0.3) is 0 Å². The van der Waals surface area contributed by atoms with Gasteiger partial charge in [0.1, 0.15) is 5.82 Å². The van der Waals surface area contributed by atoms with E-state index < -0.39 is 11.9 Å². The van der Waals surface area contributed by atoms with Crippen molar-refractivity contribution < 1.29 is 23.8 Å². The maximum atomic E-state index is 13.0. The minimum atomic E-state index is -0.939. The number of ether oxygens (including phenoxy) is 1. The van der Waals surface area contributed by atoms with E-state index in [1.54, 1.807) is 17.0 Å². The van der Waals surface area contributed by atoms with Crippen LogP contribution in [0.25, 0.3) is 0 Å². The van der Waals surface area contributed by atoms with Crippen molar-refractivity contribution in [3.63, 3.8) is 0 Å². The van der Waals surface area contributed by atoms with Crippen LogP contribution in [-0.2, 0) is 14.3 Å². The van der Waals surface area contributed by atoms with E-state index in [-0.39, 0.29) is 30.6 Å². The Morgan fingerprint density at radius 1 is 1.33 bits per heavy atom. The molecule has 1 aliphatic rings. The van der Waals surface area contributed by atoms with Crippen LogP contribution < -0.4 is 0 Å². The van der Waals surface area contributed by atoms with Crippen LogP contribution >= 0.6 is 0 Å². The third-order valence-corrected chi connectivity index (χ3v) is 3.81. The van der Waals surface area contributed by atoms with Gasteiger partial charge in [0.2, 0.25) is 5.91 Å². The van der Waals surface area contributed by atoms with Crippen LogP contribution in [0.15, 0.2) is 24.3 Å². The molecule has 1 N–H and O–H groups in total. The Balaban J connectivity index is 2.14. The second-order valence-corrected chi connectivity index (χ2v) is 5.14. The molecule has 2 rings (SSSR count). The molecule has 1 aliphatic heterocycles. The molecule has 0 saturated carbocycles. The van der Waals surface area contributed by atoms with Gasteiger partial charge in [0.15, 0.2) is 0 Å². The molecule has 0 spiro atoms. The van der Waals surface area contributed by atoms with Crippen molar-refractivity contribution in [2.24, 2.45) is 5.92 Å². The van der Waals surface area contributed by atoms with E-state index in [0.29, 0.717) is 13.2 Å². The topological polar surface area (TPSA) is 66.8 Å². The molecule has 0 bridgehead atoms. The smallest absolute Gasteiger partial charge is 0.308 e. The SMILES string of the molecule is COCCC(=O)N1C[C@@H](C(=O)O)[C@H](c2ccc(F)cc2)C1. The first-order chi connectivity index (χ1) is 10.0. The molecule has 1 fully saturated rings. The maximum absolute atomic E-state index is 13.0. The number of carboxylic acid groups (broad SMARTS) is 1. The summed E-state index contributed by atoms with van der Waals surface area (Å²) < 4.78 is 17.8. The van der Waals surface area contributed by atoms with Crippen molar-refractivity contribution in [1.82, 2.24) is 4.90 Å². The lowest BCUT2D eigenvalue weighted by Crippen LogP contribution is -2.30. The van der Waals surface area contributed by atoms with Gasteiger partial charge in [0.05, 0.1) is 18.9 Å². The number of likely N-dealkylation sites (tertiary alicyclic amines) is 1. The zero-order valence-electron chi connectivity index (χ0n) is 11.8. The monoisotopic (exact) mass is 295 g/mol. The average Bonchev–Trinajstić information content (AvgIpc) is 2.91. The number of benzene rings is 1. The molecule has 1 aromatic carbocycles. The quantitative estimate of drug-likeness (QED) is 0.893. The van der Waals surface area contributed by atoms with Crippen molar-refractivity contribution in [1.29, 1.82) is 0 Å². The molecule has 1 amide bonds. The van der Waals surface area contributed by atoms with E-state index in [0.717, 1.165) is 5.56 Å². The van der Waals surface area contributed by atoms with Crippen LogP contribution in [0.1, 0.15) is 17.9 Å². The molecular weight excluding hydrogens is 277 g/mol. The average molecular weight is 295 g/mol. The Hall–Kier alpha value is -1.95. The summed E-state index contributed by atoms with van der Waals surface area (Å²) in [5, 5.41) is 9.34. The predicted octanol–water partition coefficient (Wildman–Crippen LogP) is 1.49. The van der Waals surface area contributed by atoms with Crippen LogP contribution in [0.2, 0.25) is 0 Å². The summed E-state index contributed by atoms with van der Waals surface area (Å²) >= 11 is 0. The number of halogens is 1. The van der Waals surface area contributed by atoms with E-state index >= 15 is 0 Å². The van der Waals surface area contributed by atoms with Crippen molar-refractivity contribution >= 4 is 11.9 Å². The van der Waals surface area contributed by atoms with Gasteiger partial charge in [0, 0.05) is 26.1 Å². The highest BCUT2D eigenvalue weighted by atomic mass is 19.1. The van der Waals surface area contributed by atoms with Gasteiger partial charge >= 0.3 is 5.97 Å². The summed E-state index contributed by atoms with van der Waals surface area (Å²) in [4.78, 5) is 24.9. The molecule has 6 heteroatoms. The number of hydrogen-bond acceptors (Lipinski definition) is 3. The fourth-order valence-electron chi connectivity index (χ4n) is 2.65. The number of rotatable bonds is 5. The Bertz CT molecular complexity index is 517. The third-order valence-electron chi connectivity index (χ3n) is 3.81. The molecule has 0 aliphatic carbocycles. The first-order valence-corrected chi connectivity index (χ1v) is 6.78. The Morgan fingerprint density at radius 3 is 2.57 bits per heavy atom. The Morgan fingerprint density at radius 2 is 2.00 bits per heavy atom. The van der Waals surface area contributed by atoms with Gasteiger partial charge in [-0.3, -0.25) is 9.59 Å². The first kappa shape index (κ1) is 15.4. The predicted molar refractivity (Wildman–Crippen MR) is 73.3 cm³/mol. The van der Waals surface area contributed by atoms with Gasteiger partial charge in [-0.05, 0) is 17.7 Å². The third kappa shape index (κ3) is 3.58. The zero-order chi connectivity index (χ0) is 15.4. The molecule has 5 nitrogen and oxygen atoms in total. The summed E-state index contributed by atoms with van der Waals surface area (Å²) in [6.45, 7) is 0.833. The van der Waals surface area contributed by atoms with E-state index in [4.69, 9.17) is 4.74 Å². The second kappa shape index (κ2) is 6.67. The van der Waals surface area contributed by atoms with Crippen molar-refractivity contribution in [2.45, 2.75) is 12.3 Å². The van der Waals surface area contributed by atoms with Crippen molar-refractivity contribution in [3.05, 3.63) is 35.6 Å². The minimum absolute atomic E-state index is 0.118. The minimum Gasteiger partial charge on any atom is -0.481 e. The van der Waals surface area contributed by atoms with Crippen LogP contribution in [0.3, 0.4) is 0 Å². The number of amides is 1. The lowest BCUT2D eigenvalue weighted by atomic mass is 9.89. The lowest BCUT2D eigenvalue weighted by molar-refractivity contribution is -0.141. The normalized spacial score (nSPS) is 21.5. The van der Waals surface area contributed by atoms with Crippen LogP contribution in [-0.4, -0.2) is 48.7 Å². The van der Waals surface area contributed by atoms with E-state index in [1.807, 2.05) is 0 Å². The number of hydrogen-bond donors (Lipinski definition) is 1. The molecule has 21 heavy (non-hydrogen) atoms. The van der Waals surface area contributed by atoms with Gasteiger partial charge < -0.3 is 14.7 Å². The standard InChI is InChI=1S/C15H18FNO4/c1-21-7-6-14(18)17-8-12(13(9-17)15(19)20)10-2-4-11(16)5-3-10/h2-5,12-13H,6-9H2,1H3,(H,19,20)/t12-,13+/m0/s1. The lowest BCUT2D eigenvalue weighted by Gasteiger charge is -2.16. The van der Waals surface area contributed by atoms with Crippen LogP contribution in [0.5, 0.6) is 0 Å². The largest absolute Gasteiger partial charge is 0.481 e. The van der Waals surface area contributed by atoms with Crippen molar-refractivity contribution in [3.8, 4) is 0 Å². The number of nitrogens with zero attached hydrogens (tertiary/aromatic N) is 1. The molecule has 2 atom stereocenters. The summed E-state index contributed by atoms with van der Waals surface area (Å²) in [6.07, 6.45) is 0.235. The number of aliphatic carboxylic acids is 1. The van der Waals surface area contributed by atoms with E-state index in [9.17, 15) is 19.1 Å². The first-order valence-electron chi connectivity index (χ1n) is 6.78. The summed E-state index contributed by atoms with van der Waals surface area (Å²) in [5.41, 5.74) is 0.742. The molecule has 1 heterocycles. The van der Waals surface area contributed by atoms with Gasteiger partial charge in [-0.2, -0.15) is 0 Å². The molecule has 0 unspecified atom stereocenters. The molecule has 1 aromatic rings. The molecular formula is C15H18FNO4. The van der Waals surface area contributed by atoms with E-state index in [2.05, 4.69) is 0 Å². The van der Waals surface area contributed by atoms with E-state index in [1.165, 1.54) is 19.2 Å². The zero-order valence-corrected chi connectivity index (χ0v) is 11.8. The molecule has 1 saturated heterocycles. The number of methoxy groups -OCH3 is 1. The van der Waals surface area contributed by atoms with Crippen LogP contribution in [0.4, 0.5) is 4.39 Å². The maximum Gasteiger partial charge on any atom is 0.308 e. The van der Waals surface area contributed by atoms with Gasteiger partial charge in [-0.25, -0.2) is 4.39 Å². The fourth-order valence-corrected chi connectivity index (χ4v) is 2.65. The van der Waals surface area contributed by atoms with Crippen molar-refractivity contribution in [2.75, 3.05) is 26.8 Å². The molecule has 114 valence electrons. The summed E-state index contributed by atoms with van der Waals surface area (Å²) in [6, 6.07) is 5.78. The fraction of sp³-hybridized carbons (Fsp3) is 0.467. The summed E-state index contributed by atoms with van der Waals surface area (Å²) in [5.74, 6) is -2.40. The van der Waals surface area contributed by atoms with Gasteiger partial charge in [-0.15, -0.1) is 0 Å². The van der Waals surface area contributed by atoms with Crippen LogP contribution in [0, 0.1) is 11.7 Å². The van der Waals surface area contributed by atoms with Gasteiger partial charge in [-0.1, -0.05) is 12.1 Å². The number of carbonyl (C=O) groups excluding carboxylic acids is 1.